The first kappa shape index (κ1) is 14.1. The van der Waals surface area contributed by atoms with Gasteiger partial charge in [-0.2, -0.15) is 4.98 Å². The fourth-order valence-electron chi connectivity index (χ4n) is 2.14. The molecule has 3 heterocycles. The summed E-state index contributed by atoms with van der Waals surface area (Å²) in [7, 11) is 0. The molecule has 0 spiro atoms. The molecule has 1 amide bonds. The Balaban J connectivity index is 1.69. The van der Waals surface area contributed by atoms with Crippen molar-refractivity contribution in [3.05, 3.63) is 23.5 Å². The molecule has 0 aliphatic carbocycles. The Labute approximate surface area is 127 Å². The lowest BCUT2D eigenvalue weighted by Gasteiger charge is -2.29. The van der Waals surface area contributed by atoms with Gasteiger partial charge in [0.05, 0.1) is 0 Å². The fourth-order valence-corrected chi connectivity index (χ4v) is 2.78. The van der Waals surface area contributed by atoms with E-state index in [4.69, 9.17) is 4.74 Å². The maximum Gasteiger partial charge on any atom is 0.410 e. The summed E-state index contributed by atoms with van der Waals surface area (Å²) in [4.78, 5) is 19.1. The predicted octanol–water partition coefficient (Wildman–Crippen LogP) is 2.82. The number of hydrogen-bond donors (Lipinski definition) is 0. The zero-order valence-corrected chi connectivity index (χ0v) is 13.2. The molecule has 0 radical (unpaired) electrons. The van der Waals surface area contributed by atoms with Crippen LogP contribution in [0.2, 0.25) is 0 Å². The number of rotatable bonds is 1. The molecule has 1 aliphatic heterocycles. The maximum absolute atomic E-state index is 12.0. The summed E-state index contributed by atoms with van der Waals surface area (Å²) >= 11 is 1.56. The average Bonchev–Trinajstić information content (AvgIpc) is 2.97. The van der Waals surface area contributed by atoms with Crippen LogP contribution in [0.25, 0.3) is 10.5 Å². The van der Waals surface area contributed by atoms with E-state index in [0.717, 1.165) is 22.8 Å². The van der Waals surface area contributed by atoms with Crippen LogP contribution in [-0.4, -0.2) is 44.3 Å². The van der Waals surface area contributed by atoms with Gasteiger partial charge >= 0.3 is 6.09 Å². The van der Waals surface area contributed by atoms with Crippen LogP contribution in [0.5, 0.6) is 0 Å². The van der Waals surface area contributed by atoms with Crippen molar-refractivity contribution >= 4 is 28.0 Å². The van der Waals surface area contributed by atoms with E-state index in [0.29, 0.717) is 13.1 Å². The maximum atomic E-state index is 12.0. The third kappa shape index (κ3) is 3.07. The standard InChI is InChI=1S/C14H18N4O2S/c1-14(2,3)20-13(19)17-6-4-10(5-7-17)11-15-12-18(16-11)8-9-21-12/h4,8-9H,5-7H2,1-3H3. The van der Waals surface area contributed by atoms with Crippen LogP contribution in [0.15, 0.2) is 17.7 Å². The van der Waals surface area contributed by atoms with Crippen LogP contribution >= 0.6 is 11.3 Å². The molecule has 0 aromatic carbocycles. The minimum absolute atomic E-state index is 0.267. The van der Waals surface area contributed by atoms with Crippen molar-refractivity contribution in [3.8, 4) is 0 Å². The molecule has 0 saturated heterocycles. The Morgan fingerprint density at radius 3 is 2.86 bits per heavy atom. The lowest BCUT2D eigenvalue weighted by atomic mass is 10.1. The Hall–Kier alpha value is -1.89. The second kappa shape index (κ2) is 5.14. The SMILES string of the molecule is CC(C)(C)OC(=O)N1CC=C(c2nc3sccn3n2)CC1. The normalized spacial score (nSPS) is 16.1. The summed E-state index contributed by atoms with van der Waals surface area (Å²) in [6.07, 6.45) is 4.38. The molecule has 2 aromatic heterocycles. The van der Waals surface area contributed by atoms with Crippen LogP contribution in [-0.2, 0) is 4.74 Å². The van der Waals surface area contributed by atoms with Gasteiger partial charge in [-0.25, -0.2) is 9.31 Å². The molecule has 6 nitrogen and oxygen atoms in total. The van der Waals surface area contributed by atoms with Crippen LogP contribution in [0.1, 0.15) is 33.0 Å². The first-order chi connectivity index (χ1) is 9.92. The van der Waals surface area contributed by atoms with Crippen LogP contribution in [0, 0.1) is 0 Å². The minimum Gasteiger partial charge on any atom is -0.444 e. The molecule has 112 valence electrons. The van der Waals surface area contributed by atoms with E-state index >= 15 is 0 Å². The van der Waals surface area contributed by atoms with Crippen molar-refractivity contribution in [1.29, 1.82) is 0 Å². The Bertz CT molecular complexity index is 667. The second-order valence-electron chi connectivity index (χ2n) is 5.97. The number of ether oxygens (including phenoxy) is 1. The minimum atomic E-state index is -0.461. The smallest absolute Gasteiger partial charge is 0.410 e. The van der Waals surface area contributed by atoms with Gasteiger partial charge in [-0.15, -0.1) is 16.4 Å². The molecule has 0 bridgehead atoms. The molecule has 0 atom stereocenters. The first-order valence-corrected chi connectivity index (χ1v) is 7.77. The molecule has 0 N–H and O–H groups in total. The average molecular weight is 306 g/mol. The number of carbonyl (C=O) groups excluding carboxylic acids is 1. The van der Waals surface area contributed by atoms with Gasteiger partial charge < -0.3 is 9.64 Å². The Morgan fingerprint density at radius 2 is 2.24 bits per heavy atom. The second-order valence-corrected chi connectivity index (χ2v) is 6.84. The molecule has 0 unspecified atom stereocenters. The van der Waals surface area contributed by atoms with Gasteiger partial charge in [0.2, 0.25) is 4.96 Å². The van der Waals surface area contributed by atoms with Gasteiger partial charge in [-0.3, -0.25) is 0 Å². The number of thiazole rings is 1. The van der Waals surface area contributed by atoms with Crippen molar-refractivity contribution in [1.82, 2.24) is 19.5 Å². The van der Waals surface area contributed by atoms with E-state index < -0.39 is 5.60 Å². The summed E-state index contributed by atoms with van der Waals surface area (Å²) in [5.74, 6) is 0.755. The largest absolute Gasteiger partial charge is 0.444 e. The van der Waals surface area contributed by atoms with Gasteiger partial charge in [0.15, 0.2) is 5.82 Å². The van der Waals surface area contributed by atoms with Gasteiger partial charge in [0, 0.05) is 24.7 Å². The zero-order valence-electron chi connectivity index (χ0n) is 12.4. The molecule has 0 saturated carbocycles. The van der Waals surface area contributed by atoms with E-state index in [1.165, 1.54) is 0 Å². The third-order valence-corrected chi connectivity index (χ3v) is 3.87. The van der Waals surface area contributed by atoms with E-state index in [1.54, 1.807) is 20.8 Å². The Morgan fingerprint density at radius 1 is 1.43 bits per heavy atom. The van der Waals surface area contributed by atoms with Crippen LogP contribution in [0.4, 0.5) is 4.79 Å². The highest BCUT2D eigenvalue weighted by Crippen LogP contribution is 2.22. The molecule has 2 aromatic rings. The van der Waals surface area contributed by atoms with E-state index in [-0.39, 0.29) is 6.09 Å². The Kier molecular flexibility index (Phi) is 3.44. The molecular formula is C14H18N4O2S. The summed E-state index contributed by atoms with van der Waals surface area (Å²) < 4.78 is 7.16. The molecule has 7 heteroatoms. The topological polar surface area (TPSA) is 59.7 Å². The number of nitrogens with zero attached hydrogens (tertiary/aromatic N) is 4. The summed E-state index contributed by atoms with van der Waals surface area (Å²) in [6.45, 7) is 6.79. The first-order valence-electron chi connectivity index (χ1n) is 6.89. The lowest BCUT2D eigenvalue weighted by molar-refractivity contribution is 0.0270. The monoisotopic (exact) mass is 306 g/mol. The highest BCUT2D eigenvalue weighted by atomic mass is 32.1. The van der Waals surface area contributed by atoms with Crippen molar-refractivity contribution in [3.63, 3.8) is 0 Å². The van der Waals surface area contributed by atoms with Crippen molar-refractivity contribution in [2.75, 3.05) is 13.1 Å². The lowest BCUT2D eigenvalue weighted by Crippen LogP contribution is -2.39. The van der Waals surface area contributed by atoms with E-state index in [9.17, 15) is 4.79 Å². The number of hydrogen-bond acceptors (Lipinski definition) is 5. The molecule has 21 heavy (non-hydrogen) atoms. The van der Waals surface area contributed by atoms with Gasteiger partial charge in [0.25, 0.3) is 0 Å². The number of fused-ring (bicyclic) bond motifs is 1. The van der Waals surface area contributed by atoms with Gasteiger partial charge in [0.1, 0.15) is 5.60 Å². The van der Waals surface area contributed by atoms with Gasteiger partial charge in [-0.05, 0) is 32.8 Å². The van der Waals surface area contributed by atoms with Crippen LogP contribution in [0.3, 0.4) is 0 Å². The number of amides is 1. The predicted molar refractivity (Wildman–Crippen MR) is 81.3 cm³/mol. The number of carbonyl (C=O) groups is 1. The molecule has 0 fully saturated rings. The van der Waals surface area contributed by atoms with Gasteiger partial charge in [-0.1, -0.05) is 6.08 Å². The van der Waals surface area contributed by atoms with Crippen molar-refractivity contribution in [2.45, 2.75) is 32.8 Å². The molecular weight excluding hydrogens is 288 g/mol. The van der Waals surface area contributed by atoms with Crippen LogP contribution < -0.4 is 0 Å². The summed E-state index contributed by atoms with van der Waals surface area (Å²) in [5.41, 5.74) is 0.627. The fraction of sp³-hybridized carbons (Fsp3) is 0.500. The third-order valence-electron chi connectivity index (χ3n) is 3.12. The number of aromatic nitrogens is 3. The summed E-state index contributed by atoms with van der Waals surface area (Å²) in [6, 6.07) is 0. The molecule has 3 rings (SSSR count). The van der Waals surface area contributed by atoms with Crippen molar-refractivity contribution in [2.24, 2.45) is 0 Å². The highest BCUT2D eigenvalue weighted by Gasteiger charge is 2.24. The zero-order chi connectivity index (χ0) is 15.0. The van der Waals surface area contributed by atoms with Crippen molar-refractivity contribution < 1.29 is 9.53 Å². The highest BCUT2D eigenvalue weighted by molar-refractivity contribution is 7.15. The molecule has 1 aliphatic rings. The van der Waals surface area contributed by atoms with E-state index in [2.05, 4.69) is 10.1 Å². The van der Waals surface area contributed by atoms with E-state index in [1.807, 2.05) is 38.4 Å². The quantitative estimate of drug-likeness (QED) is 0.813. The summed E-state index contributed by atoms with van der Waals surface area (Å²) in [5, 5.41) is 6.40.